The first-order chi connectivity index (χ1) is 11.5. The highest BCUT2D eigenvalue weighted by Crippen LogP contribution is 2.22. The van der Waals surface area contributed by atoms with Crippen LogP contribution in [0.3, 0.4) is 0 Å². The van der Waals surface area contributed by atoms with Gasteiger partial charge in [0.05, 0.1) is 11.1 Å². The van der Waals surface area contributed by atoms with Gasteiger partial charge < -0.3 is 5.32 Å². The molecule has 0 atom stereocenters. The molecule has 0 unspecified atom stereocenters. The Kier molecular flexibility index (Phi) is 4.93. The molecule has 124 valence electrons. The number of thiophene rings is 1. The zero-order chi connectivity index (χ0) is 17.3. The minimum atomic E-state index is -0.180. The molecule has 1 aromatic carbocycles. The number of rotatable bonds is 4. The van der Waals surface area contributed by atoms with E-state index < -0.39 is 0 Å². The second-order valence-electron chi connectivity index (χ2n) is 5.20. The monoisotopic (exact) mass is 379 g/mol. The van der Waals surface area contributed by atoms with Gasteiger partial charge in [0.1, 0.15) is 4.83 Å². The first-order valence-corrected chi connectivity index (χ1v) is 9.33. The lowest BCUT2D eigenvalue weighted by Crippen LogP contribution is -2.20. The first kappa shape index (κ1) is 17.0. The van der Waals surface area contributed by atoms with E-state index in [1.54, 1.807) is 25.2 Å². The van der Waals surface area contributed by atoms with Crippen molar-refractivity contribution in [2.45, 2.75) is 12.1 Å². The predicted molar refractivity (Wildman–Crippen MR) is 100 cm³/mol. The molecule has 0 spiro atoms. The Morgan fingerprint density at radius 1 is 1.42 bits per heavy atom. The molecule has 0 aliphatic rings. The summed E-state index contributed by atoms with van der Waals surface area (Å²) in [7, 11) is 1.66. The molecule has 0 fully saturated rings. The largest absolute Gasteiger partial charge is 0.325 e. The average molecular weight is 380 g/mol. The van der Waals surface area contributed by atoms with Gasteiger partial charge in [-0.3, -0.25) is 14.2 Å². The molecule has 1 N–H and O–H groups in total. The van der Waals surface area contributed by atoms with Gasteiger partial charge in [0.15, 0.2) is 5.16 Å². The summed E-state index contributed by atoms with van der Waals surface area (Å²) in [5, 5.41) is 6.35. The number of nitrogens with one attached hydrogen (secondary N) is 1. The van der Waals surface area contributed by atoms with Crippen LogP contribution in [0.25, 0.3) is 10.2 Å². The molecule has 3 rings (SSSR count). The summed E-state index contributed by atoms with van der Waals surface area (Å²) in [5.41, 5.74) is 1.49. The number of thioether (sulfide) groups is 1. The fourth-order valence-electron chi connectivity index (χ4n) is 2.11. The predicted octanol–water partition coefficient (Wildman–Crippen LogP) is 3.69. The Bertz CT molecular complexity index is 981. The lowest BCUT2D eigenvalue weighted by atomic mass is 10.2. The average Bonchev–Trinajstić information content (AvgIpc) is 3.01. The number of carbonyl (C=O) groups excluding carboxylic acids is 1. The molecule has 1 amide bonds. The second-order valence-corrected chi connectivity index (χ2v) is 7.44. The van der Waals surface area contributed by atoms with Crippen molar-refractivity contribution in [1.29, 1.82) is 0 Å². The van der Waals surface area contributed by atoms with Gasteiger partial charge in [0, 0.05) is 17.8 Å². The van der Waals surface area contributed by atoms with Crippen LogP contribution in [0.4, 0.5) is 5.69 Å². The molecule has 0 saturated carbocycles. The fraction of sp³-hybridized carbons (Fsp3) is 0.188. The van der Waals surface area contributed by atoms with E-state index in [1.165, 1.54) is 27.7 Å². The normalized spacial score (nSPS) is 11.0. The number of aryl methyl sites for hydroxylation is 1. The van der Waals surface area contributed by atoms with Gasteiger partial charge in [-0.25, -0.2) is 4.98 Å². The molecule has 2 aromatic heterocycles. The van der Waals surface area contributed by atoms with Crippen molar-refractivity contribution >= 4 is 56.5 Å². The summed E-state index contributed by atoms with van der Waals surface area (Å²) in [5.74, 6) is -0.0247. The van der Waals surface area contributed by atoms with Crippen molar-refractivity contribution in [3.63, 3.8) is 0 Å². The van der Waals surface area contributed by atoms with E-state index in [-0.39, 0.29) is 17.2 Å². The van der Waals surface area contributed by atoms with Crippen LogP contribution in [0, 0.1) is 6.92 Å². The fourth-order valence-corrected chi connectivity index (χ4v) is 3.86. The molecule has 0 radical (unpaired) electrons. The molecular formula is C16H14ClN3O2S2. The van der Waals surface area contributed by atoms with Crippen molar-refractivity contribution in [3.8, 4) is 0 Å². The van der Waals surface area contributed by atoms with Gasteiger partial charge in [-0.1, -0.05) is 29.4 Å². The summed E-state index contributed by atoms with van der Waals surface area (Å²) in [6.45, 7) is 1.90. The minimum Gasteiger partial charge on any atom is -0.325 e. The molecule has 0 saturated heterocycles. The number of aromatic nitrogens is 2. The van der Waals surface area contributed by atoms with Gasteiger partial charge in [-0.2, -0.15) is 0 Å². The van der Waals surface area contributed by atoms with Gasteiger partial charge in [0.2, 0.25) is 5.91 Å². The Balaban J connectivity index is 1.71. The smallest absolute Gasteiger partial charge is 0.262 e. The zero-order valence-electron chi connectivity index (χ0n) is 13.0. The minimum absolute atomic E-state index is 0.102. The first-order valence-electron chi connectivity index (χ1n) is 7.09. The molecule has 24 heavy (non-hydrogen) atoms. The van der Waals surface area contributed by atoms with Gasteiger partial charge in [-0.15, -0.1) is 11.3 Å². The molecule has 0 bridgehead atoms. The van der Waals surface area contributed by atoms with E-state index >= 15 is 0 Å². The summed E-state index contributed by atoms with van der Waals surface area (Å²) >= 11 is 8.69. The number of nitrogens with zero attached hydrogens (tertiary/aromatic N) is 2. The molecule has 5 nitrogen and oxygen atoms in total. The number of carbonyl (C=O) groups is 1. The Labute approximate surface area is 151 Å². The number of fused-ring (bicyclic) bond motifs is 1. The van der Waals surface area contributed by atoms with Crippen LogP contribution >= 0.6 is 34.7 Å². The Morgan fingerprint density at radius 3 is 2.96 bits per heavy atom. The van der Waals surface area contributed by atoms with E-state index in [1.807, 2.05) is 18.4 Å². The third kappa shape index (κ3) is 3.48. The maximum absolute atomic E-state index is 12.2. The molecular weight excluding hydrogens is 366 g/mol. The lowest BCUT2D eigenvalue weighted by molar-refractivity contribution is -0.113. The van der Waals surface area contributed by atoms with E-state index in [4.69, 9.17) is 11.6 Å². The highest BCUT2D eigenvalue weighted by atomic mass is 35.5. The van der Waals surface area contributed by atoms with Gasteiger partial charge >= 0.3 is 0 Å². The van der Waals surface area contributed by atoms with E-state index in [9.17, 15) is 9.59 Å². The maximum atomic E-state index is 12.2. The molecule has 8 heteroatoms. The van der Waals surface area contributed by atoms with Crippen molar-refractivity contribution in [2.24, 2.45) is 7.05 Å². The van der Waals surface area contributed by atoms with Gasteiger partial charge in [-0.05, 0) is 36.1 Å². The molecule has 0 aliphatic carbocycles. The van der Waals surface area contributed by atoms with Crippen LogP contribution in [0.5, 0.6) is 0 Å². The van der Waals surface area contributed by atoms with Crippen molar-refractivity contribution in [1.82, 2.24) is 9.55 Å². The summed E-state index contributed by atoms with van der Waals surface area (Å²) in [6, 6.07) is 7.12. The van der Waals surface area contributed by atoms with Crippen molar-refractivity contribution in [3.05, 3.63) is 50.6 Å². The third-order valence-corrected chi connectivity index (χ3v) is 5.70. The SMILES string of the molecule is Cc1ccc(NC(=O)CSc2nc3sccc3c(=O)n2C)cc1Cl. The number of benzene rings is 1. The van der Waals surface area contributed by atoms with Crippen molar-refractivity contribution in [2.75, 3.05) is 11.1 Å². The van der Waals surface area contributed by atoms with Crippen LogP contribution in [-0.4, -0.2) is 21.2 Å². The van der Waals surface area contributed by atoms with E-state index in [0.29, 0.717) is 26.1 Å². The second kappa shape index (κ2) is 6.96. The van der Waals surface area contributed by atoms with Crippen LogP contribution in [-0.2, 0) is 11.8 Å². The number of amides is 1. The molecule has 2 heterocycles. The highest BCUT2D eigenvalue weighted by Gasteiger charge is 2.12. The zero-order valence-corrected chi connectivity index (χ0v) is 15.4. The van der Waals surface area contributed by atoms with E-state index in [0.717, 1.165) is 5.56 Å². The number of anilines is 1. The topological polar surface area (TPSA) is 64.0 Å². The summed E-state index contributed by atoms with van der Waals surface area (Å²) in [6.07, 6.45) is 0. The lowest BCUT2D eigenvalue weighted by Gasteiger charge is -2.08. The number of hydrogen-bond donors (Lipinski definition) is 1. The summed E-state index contributed by atoms with van der Waals surface area (Å²) in [4.78, 5) is 29.5. The van der Waals surface area contributed by atoms with Crippen molar-refractivity contribution < 1.29 is 4.79 Å². The third-order valence-electron chi connectivity index (χ3n) is 3.45. The van der Waals surface area contributed by atoms with Crippen LogP contribution in [0.15, 0.2) is 39.6 Å². The standard InChI is InChI=1S/C16H14ClN3O2S2/c1-9-3-4-10(7-12(9)17)18-13(21)8-24-16-19-14-11(5-6-23-14)15(22)20(16)2/h3-7H,8H2,1-2H3,(H,18,21). The summed E-state index contributed by atoms with van der Waals surface area (Å²) < 4.78 is 1.47. The Hall–Kier alpha value is -1.83. The van der Waals surface area contributed by atoms with Gasteiger partial charge in [0.25, 0.3) is 5.56 Å². The molecule has 3 aromatic rings. The Morgan fingerprint density at radius 2 is 2.21 bits per heavy atom. The van der Waals surface area contributed by atoms with Crippen LogP contribution in [0.1, 0.15) is 5.56 Å². The maximum Gasteiger partial charge on any atom is 0.262 e. The molecule has 0 aliphatic heterocycles. The number of hydrogen-bond acceptors (Lipinski definition) is 5. The number of halogens is 1. The van der Waals surface area contributed by atoms with Crippen LogP contribution in [0.2, 0.25) is 5.02 Å². The van der Waals surface area contributed by atoms with Crippen LogP contribution < -0.4 is 10.9 Å². The quantitative estimate of drug-likeness (QED) is 0.554. The highest BCUT2D eigenvalue weighted by molar-refractivity contribution is 7.99. The van der Waals surface area contributed by atoms with E-state index in [2.05, 4.69) is 10.3 Å².